The second-order valence-electron chi connectivity index (χ2n) is 30.1. The Labute approximate surface area is 485 Å². The standard InChI is InChI=1S/C10H20.C9H18.C8H16.2C7H14.C6H12.2C6H14.2C5H12.C4H10.C2H6/c1-4-9-5-7-10(2,3)8-6-9;1-8-4-6-9(2,3)7-5-8;1-2-8-6-4-3-5-7-8;1-7-5-3-2-4-6-7;1-2-7-5-3-4-6-7;1-6-4-2-3-5-6;1-5-6(2,3)4;1-4-6(3)5-2;1-5(2,3)4;1-4-5(2)3;1-3-4-2;1-2/h9H,4-8H2,1-3H3;8H,4-7H2,1-3H3;8H,2-7H2,1H3;2*7H,2-6H2,1H3;6H,2-5H2,1H3;5H2,1-4H3;6H,4-5H2,1-3H3;1-4H3;5H,4H2,1-3H3;3-4H2,1-2H3;1-2H3. The van der Waals surface area contributed by atoms with Crippen LogP contribution in [0.2, 0.25) is 0 Å². The molecule has 0 aromatic carbocycles. The van der Waals surface area contributed by atoms with Crippen LogP contribution in [0.15, 0.2) is 0 Å². The highest BCUT2D eigenvalue weighted by Gasteiger charge is 2.26. The summed E-state index contributed by atoms with van der Waals surface area (Å²) in [6.07, 6.45) is 50.7. The average molecular weight is 1060 g/mol. The van der Waals surface area contributed by atoms with Crippen LogP contribution in [0, 0.1) is 69.0 Å². The molecule has 0 bridgehead atoms. The van der Waals surface area contributed by atoms with Gasteiger partial charge in [-0.1, -0.05) is 380 Å². The highest BCUT2D eigenvalue weighted by molar-refractivity contribution is 4.78. The first-order chi connectivity index (χ1) is 34.9. The van der Waals surface area contributed by atoms with Crippen molar-refractivity contribution in [3.05, 3.63) is 0 Å². The molecule has 0 N–H and O–H groups in total. The summed E-state index contributed by atoms with van der Waals surface area (Å²) in [7, 11) is 0. The molecule has 0 radical (unpaired) electrons. The third-order valence-electron chi connectivity index (χ3n) is 17.3. The molecule has 0 saturated heterocycles. The van der Waals surface area contributed by atoms with Gasteiger partial charge in [0.25, 0.3) is 0 Å². The monoisotopic (exact) mass is 1060 g/mol. The van der Waals surface area contributed by atoms with Gasteiger partial charge in [-0.15, -0.1) is 0 Å². The van der Waals surface area contributed by atoms with E-state index in [2.05, 4.69) is 180 Å². The fourth-order valence-electron chi connectivity index (χ4n) is 9.15. The summed E-state index contributed by atoms with van der Waals surface area (Å²) >= 11 is 0. The molecule has 0 aromatic rings. The van der Waals surface area contributed by atoms with E-state index in [4.69, 9.17) is 0 Å². The Balaban J connectivity index is -0.000000176. The van der Waals surface area contributed by atoms with Gasteiger partial charge in [0.15, 0.2) is 0 Å². The summed E-state index contributed by atoms with van der Waals surface area (Å²) in [4.78, 5) is 0. The first-order valence-electron chi connectivity index (χ1n) is 34.9. The van der Waals surface area contributed by atoms with Gasteiger partial charge >= 0.3 is 0 Å². The van der Waals surface area contributed by atoms with Crippen LogP contribution in [-0.2, 0) is 0 Å². The second kappa shape index (κ2) is 57.2. The first-order valence-corrected chi connectivity index (χ1v) is 34.9. The Morgan fingerprint density at radius 2 is 0.573 bits per heavy atom. The van der Waals surface area contributed by atoms with Gasteiger partial charge < -0.3 is 0 Å². The molecule has 462 valence electrons. The number of rotatable bonds is 7. The van der Waals surface area contributed by atoms with E-state index in [0.717, 1.165) is 47.3 Å². The summed E-state index contributed by atoms with van der Waals surface area (Å²) in [5.41, 5.74) is 2.36. The Morgan fingerprint density at radius 3 is 0.720 bits per heavy atom. The minimum atomic E-state index is 0.500. The van der Waals surface area contributed by atoms with Crippen LogP contribution in [0.4, 0.5) is 0 Å². The zero-order chi connectivity index (χ0) is 59.4. The quantitative estimate of drug-likeness (QED) is 0.238. The van der Waals surface area contributed by atoms with Crippen molar-refractivity contribution in [2.24, 2.45) is 69.0 Å². The van der Waals surface area contributed by atoms with Crippen molar-refractivity contribution in [1.29, 1.82) is 0 Å². The summed E-state index contributed by atoms with van der Waals surface area (Å²) in [5, 5.41) is 0. The molecule has 0 unspecified atom stereocenters. The van der Waals surface area contributed by atoms with Crippen molar-refractivity contribution < 1.29 is 0 Å². The van der Waals surface area contributed by atoms with Crippen molar-refractivity contribution in [1.82, 2.24) is 0 Å². The SMILES string of the molecule is CC.CC(C)(C)C.CC1CCC(C)(C)CC1.CC1CCCC1.CC1CCCCC1.CCC(C)(C)C.CCC(C)C.CCC(C)CC.CCC1CCC(C)(C)CC1.CCC1CCCC1.CCC1CCCCC1.CCCC. The van der Waals surface area contributed by atoms with E-state index in [1.165, 1.54) is 225 Å². The Morgan fingerprint density at radius 1 is 0.360 bits per heavy atom. The van der Waals surface area contributed by atoms with E-state index >= 15 is 0 Å². The molecule has 6 rings (SSSR count). The molecule has 0 aliphatic heterocycles. The summed E-state index contributed by atoms with van der Waals surface area (Å²) in [5.74, 6) is 8.13. The third-order valence-corrected chi connectivity index (χ3v) is 17.3. The van der Waals surface area contributed by atoms with E-state index < -0.39 is 0 Å². The van der Waals surface area contributed by atoms with E-state index in [1.54, 1.807) is 0 Å². The minimum absolute atomic E-state index is 0.500. The van der Waals surface area contributed by atoms with E-state index in [-0.39, 0.29) is 0 Å². The van der Waals surface area contributed by atoms with E-state index in [0.29, 0.717) is 21.7 Å². The fourth-order valence-corrected chi connectivity index (χ4v) is 9.15. The number of hydrogen-bond acceptors (Lipinski definition) is 0. The summed E-state index contributed by atoms with van der Waals surface area (Å²) < 4.78 is 0. The van der Waals surface area contributed by atoms with Crippen LogP contribution in [-0.4, -0.2) is 0 Å². The van der Waals surface area contributed by atoms with E-state index in [9.17, 15) is 0 Å². The summed E-state index contributed by atoms with van der Waals surface area (Å²) in [6, 6.07) is 0. The van der Waals surface area contributed by atoms with Crippen LogP contribution in [0.3, 0.4) is 0 Å². The van der Waals surface area contributed by atoms with Gasteiger partial charge in [-0.3, -0.25) is 0 Å². The molecular weight excluding hydrogens is 901 g/mol. The van der Waals surface area contributed by atoms with Crippen LogP contribution < -0.4 is 0 Å². The molecule has 0 heteroatoms. The molecule has 0 amide bonds. The topological polar surface area (TPSA) is 0 Å². The van der Waals surface area contributed by atoms with E-state index in [1.807, 2.05) is 13.8 Å². The van der Waals surface area contributed by atoms with Crippen molar-refractivity contribution in [2.45, 2.75) is 419 Å². The average Bonchev–Trinajstić information content (AvgIpc) is 4.11. The Bertz CT molecular complexity index is 973. The molecule has 6 fully saturated rings. The molecule has 75 heavy (non-hydrogen) atoms. The number of unbranched alkanes of at least 4 members (excludes halogenated alkanes) is 1. The molecule has 6 aliphatic rings. The predicted octanol–water partition coefficient (Wildman–Crippen LogP) is 29.0. The minimum Gasteiger partial charge on any atom is -0.0683 e. The molecule has 0 nitrogen and oxygen atoms in total. The lowest BCUT2D eigenvalue weighted by Gasteiger charge is -2.33. The largest absolute Gasteiger partial charge is 0.0683 e. The molecular formula is C75H162. The molecule has 6 aliphatic carbocycles. The van der Waals surface area contributed by atoms with Gasteiger partial charge in [-0.05, 0) is 108 Å². The Kier molecular flexibility index (Phi) is 65.8. The maximum atomic E-state index is 2.40. The lowest BCUT2D eigenvalue weighted by Crippen LogP contribution is -2.20. The lowest BCUT2D eigenvalue weighted by molar-refractivity contribution is 0.188. The van der Waals surface area contributed by atoms with Crippen LogP contribution in [0.25, 0.3) is 0 Å². The van der Waals surface area contributed by atoms with Gasteiger partial charge in [-0.2, -0.15) is 0 Å². The number of hydrogen-bond donors (Lipinski definition) is 0. The van der Waals surface area contributed by atoms with Gasteiger partial charge in [0, 0.05) is 0 Å². The first kappa shape index (κ1) is 86.3. The zero-order valence-corrected chi connectivity index (χ0v) is 59.4. The lowest BCUT2D eigenvalue weighted by atomic mass is 9.72. The van der Waals surface area contributed by atoms with Gasteiger partial charge in [0.2, 0.25) is 0 Å². The highest BCUT2D eigenvalue weighted by atomic mass is 14.3. The third kappa shape index (κ3) is 78.3. The zero-order valence-electron chi connectivity index (χ0n) is 59.4. The maximum absolute atomic E-state index is 2.40. The Hall–Kier alpha value is 0. The van der Waals surface area contributed by atoms with Gasteiger partial charge in [0.05, 0.1) is 0 Å². The molecule has 0 heterocycles. The van der Waals surface area contributed by atoms with Crippen molar-refractivity contribution in [2.75, 3.05) is 0 Å². The van der Waals surface area contributed by atoms with Crippen LogP contribution >= 0.6 is 0 Å². The van der Waals surface area contributed by atoms with Gasteiger partial charge in [0.1, 0.15) is 0 Å². The maximum Gasteiger partial charge on any atom is -0.0354 e. The molecule has 0 atom stereocenters. The van der Waals surface area contributed by atoms with Crippen LogP contribution in [0.5, 0.6) is 0 Å². The fraction of sp³-hybridized carbons (Fsp3) is 1.00. The molecule has 0 spiro atoms. The van der Waals surface area contributed by atoms with Crippen molar-refractivity contribution >= 4 is 0 Å². The molecule has 6 saturated carbocycles. The second-order valence-corrected chi connectivity index (χ2v) is 30.1. The van der Waals surface area contributed by atoms with Crippen LogP contribution in [0.1, 0.15) is 419 Å². The summed E-state index contributed by atoms with van der Waals surface area (Å²) in [6.45, 7) is 63.0. The normalized spacial score (nSPS) is 19.8. The smallest absolute Gasteiger partial charge is 0.0354 e. The predicted molar refractivity (Wildman–Crippen MR) is 358 cm³/mol. The van der Waals surface area contributed by atoms with Gasteiger partial charge in [-0.25, -0.2) is 0 Å². The molecule has 0 aromatic heterocycles. The van der Waals surface area contributed by atoms with Crippen molar-refractivity contribution in [3.63, 3.8) is 0 Å². The van der Waals surface area contributed by atoms with Crippen molar-refractivity contribution in [3.8, 4) is 0 Å². The highest BCUT2D eigenvalue weighted by Crippen LogP contribution is 2.39.